The molecule has 0 spiro atoms. The third kappa shape index (κ3) is 5.99. The van der Waals surface area contributed by atoms with Crippen LogP contribution in [-0.4, -0.2) is 33.2 Å². The molecular weight excluding hydrogens is 299 g/mol. The number of hydrogen-bond acceptors (Lipinski definition) is 3. The van der Waals surface area contributed by atoms with Gasteiger partial charge in [-0.2, -0.15) is 0 Å². The summed E-state index contributed by atoms with van der Waals surface area (Å²) in [6.45, 7) is -1.46. The van der Waals surface area contributed by atoms with Crippen LogP contribution in [0.5, 0.6) is 0 Å². The fourth-order valence-electron chi connectivity index (χ4n) is 2.15. The maximum absolute atomic E-state index is 12.5. The quantitative estimate of drug-likeness (QED) is 0.568. The van der Waals surface area contributed by atoms with Crippen molar-refractivity contribution >= 4 is 25.3 Å². The summed E-state index contributed by atoms with van der Waals surface area (Å²) >= 11 is 4.19. The van der Waals surface area contributed by atoms with Gasteiger partial charge in [0, 0.05) is 36.8 Å². The largest absolute Gasteiger partial charge is 1.00 e. The van der Waals surface area contributed by atoms with Gasteiger partial charge >= 0.3 is 58.4 Å². The van der Waals surface area contributed by atoms with Crippen molar-refractivity contribution in [3.8, 4) is 0 Å². The summed E-state index contributed by atoms with van der Waals surface area (Å²) in [6, 6.07) is 4.94. The van der Waals surface area contributed by atoms with Crippen molar-refractivity contribution in [3.63, 3.8) is 0 Å². The molecule has 0 aliphatic carbocycles. The van der Waals surface area contributed by atoms with Gasteiger partial charge in [-0.25, -0.2) is 0 Å². The van der Waals surface area contributed by atoms with Crippen LogP contribution in [0.25, 0.3) is 0 Å². The van der Waals surface area contributed by atoms with Gasteiger partial charge in [-0.1, -0.05) is 11.9 Å². The van der Waals surface area contributed by atoms with Crippen LogP contribution in [0.1, 0.15) is 5.56 Å². The van der Waals surface area contributed by atoms with E-state index in [1.165, 1.54) is 6.07 Å². The van der Waals surface area contributed by atoms with E-state index in [1.54, 1.807) is 6.07 Å². The zero-order valence-corrected chi connectivity index (χ0v) is 14.9. The maximum atomic E-state index is 12.5. The van der Waals surface area contributed by atoms with E-state index in [9.17, 15) is 12.9 Å². The molecule has 8 heteroatoms. The van der Waals surface area contributed by atoms with Crippen LogP contribution in [0.15, 0.2) is 23.1 Å². The average molecular weight is 314 g/mol. The molecule has 0 bridgehead atoms. The second-order valence-electron chi connectivity index (χ2n) is 4.51. The summed E-state index contributed by atoms with van der Waals surface area (Å²) in [5.74, 6) is 0. The minimum Gasteiger partial charge on any atom is -0.449 e. The fraction of sp³-hybridized carbons (Fsp3) is 0.455. The Kier molecular flexibility index (Phi) is 7.26. The molecule has 1 N–H and O–H groups in total. The van der Waals surface area contributed by atoms with E-state index < -0.39 is 13.3 Å². The van der Waals surface area contributed by atoms with Crippen molar-refractivity contribution in [1.29, 1.82) is 0 Å². The van der Waals surface area contributed by atoms with E-state index in [0.717, 1.165) is 31.9 Å². The maximum Gasteiger partial charge on any atom is 1.00 e. The van der Waals surface area contributed by atoms with Crippen molar-refractivity contribution in [1.82, 2.24) is 5.32 Å². The zero-order valence-electron chi connectivity index (χ0n) is 10.9. The second kappa shape index (κ2) is 7.72. The minimum absolute atomic E-state index is 0. The molecule has 19 heavy (non-hydrogen) atoms. The van der Waals surface area contributed by atoms with E-state index >= 15 is 0 Å². The molecule has 0 atom stereocenters. The van der Waals surface area contributed by atoms with Crippen molar-refractivity contribution in [2.24, 2.45) is 0 Å². The summed E-state index contributed by atoms with van der Waals surface area (Å²) in [4.78, 5) is 2.67. The van der Waals surface area contributed by atoms with E-state index in [-0.39, 0.29) is 51.4 Å². The molecule has 0 unspecified atom stereocenters. The molecule has 1 saturated heterocycles. The van der Waals surface area contributed by atoms with Gasteiger partial charge < -0.3 is 23.2 Å². The molecule has 2 rings (SSSR count). The van der Waals surface area contributed by atoms with Crippen LogP contribution in [-0.2, 0) is 6.32 Å². The average Bonchev–Trinajstić information content (AvgIpc) is 2.27. The van der Waals surface area contributed by atoms with E-state index in [4.69, 9.17) is 0 Å². The van der Waals surface area contributed by atoms with Crippen LogP contribution in [0.3, 0.4) is 0 Å². The monoisotopic (exact) mass is 314 g/mol. The Bertz CT molecular complexity index is 425. The molecule has 1 aromatic rings. The molecule has 0 saturated carbocycles. The Hall–Kier alpha value is 0.821. The molecule has 0 aromatic heterocycles. The van der Waals surface area contributed by atoms with Gasteiger partial charge in [-0.05, 0) is 18.2 Å². The predicted molar refractivity (Wildman–Crippen MR) is 71.6 cm³/mol. The normalized spacial score (nSPS) is 16.1. The zero-order chi connectivity index (χ0) is 13.2. The molecule has 1 aliphatic rings. The van der Waals surface area contributed by atoms with E-state index in [0.29, 0.717) is 10.5 Å². The Morgan fingerprint density at radius 2 is 1.79 bits per heavy atom. The third-order valence-electron chi connectivity index (χ3n) is 2.91. The van der Waals surface area contributed by atoms with Gasteiger partial charge in [0.2, 0.25) is 0 Å². The summed E-state index contributed by atoms with van der Waals surface area (Å²) in [6.07, 6.45) is -0.840. The summed E-state index contributed by atoms with van der Waals surface area (Å²) < 4.78 is 37.4. The Labute approximate surface area is 159 Å². The van der Waals surface area contributed by atoms with Gasteiger partial charge in [0.25, 0.3) is 0 Å². The number of rotatable bonds is 3. The molecule has 1 fully saturated rings. The van der Waals surface area contributed by atoms with Crippen molar-refractivity contribution in [2.45, 2.75) is 11.2 Å². The van der Waals surface area contributed by atoms with Gasteiger partial charge in [-0.15, -0.1) is 12.6 Å². The topological polar surface area (TPSA) is 15.3 Å². The first-order valence-corrected chi connectivity index (χ1v) is 6.38. The van der Waals surface area contributed by atoms with Crippen molar-refractivity contribution < 1.29 is 64.3 Å². The number of benzene rings is 1. The number of anilines is 1. The third-order valence-corrected chi connectivity index (χ3v) is 3.17. The predicted octanol–water partition coefficient (Wildman–Crippen LogP) is -0.682. The van der Waals surface area contributed by atoms with Crippen LogP contribution in [0, 0.1) is 0 Å². The van der Waals surface area contributed by atoms with Gasteiger partial charge in [-0.3, -0.25) is 0 Å². The smallest absolute Gasteiger partial charge is 0.449 e. The first kappa shape index (κ1) is 17.9. The number of piperazine rings is 1. The summed E-state index contributed by atoms with van der Waals surface area (Å²) in [5.41, 5.74) is 1.13. The first-order chi connectivity index (χ1) is 8.44. The van der Waals surface area contributed by atoms with Crippen LogP contribution in [0.2, 0.25) is 0 Å². The number of nitrogens with zero attached hydrogens (tertiary/aromatic N) is 1. The summed E-state index contributed by atoms with van der Waals surface area (Å²) in [7, 11) is 0. The number of nitrogens with one attached hydrogen (secondary N) is 1. The van der Waals surface area contributed by atoms with Crippen LogP contribution in [0.4, 0.5) is 18.6 Å². The van der Waals surface area contributed by atoms with Gasteiger partial charge in [0.15, 0.2) is 0 Å². The molecule has 0 radical (unpaired) electrons. The van der Waals surface area contributed by atoms with Crippen LogP contribution >= 0.6 is 12.6 Å². The van der Waals surface area contributed by atoms with Crippen molar-refractivity contribution in [2.75, 3.05) is 31.1 Å². The first-order valence-electron chi connectivity index (χ1n) is 5.94. The second-order valence-corrected chi connectivity index (χ2v) is 5.03. The Balaban J connectivity index is 0.00000180. The molecular formula is C11H15BF3KN2S. The van der Waals surface area contributed by atoms with Crippen LogP contribution < -0.4 is 61.6 Å². The van der Waals surface area contributed by atoms with Crippen molar-refractivity contribution in [3.05, 3.63) is 23.8 Å². The SMILES string of the molecule is F[B-](F)(F)Cc1cc(S)cc(N2CCNCC2)c1.[K+]. The molecule has 1 heterocycles. The summed E-state index contributed by atoms with van der Waals surface area (Å²) in [5, 5.41) is 3.21. The minimum atomic E-state index is -4.80. The number of thiol groups is 1. The molecule has 100 valence electrons. The van der Waals surface area contributed by atoms with Gasteiger partial charge in [0.05, 0.1) is 0 Å². The fourth-order valence-corrected chi connectivity index (χ4v) is 2.45. The number of halogens is 3. The van der Waals surface area contributed by atoms with E-state index in [2.05, 4.69) is 22.8 Å². The Morgan fingerprint density at radius 1 is 1.16 bits per heavy atom. The number of hydrogen-bond donors (Lipinski definition) is 2. The standard InChI is InChI=1S/C11H15BF3N2S.K/c13-12(14,15)8-9-5-10(7-11(18)6-9)17-3-1-16-2-4-17;/h5-7,16,18H,1-4,8H2;/q-1;+1. The molecule has 2 nitrogen and oxygen atoms in total. The Morgan fingerprint density at radius 3 is 2.37 bits per heavy atom. The van der Waals surface area contributed by atoms with Gasteiger partial charge in [0.1, 0.15) is 0 Å². The van der Waals surface area contributed by atoms with E-state index in [1.807, 2.05) is 6.07 Å². The molecule has 1 aromatic carbocycles. The molecule has 1 aliphatic heterocycles. The molecule has 0 amide bonds.